The van der Waals surface area contributed by atoms with Crippen molar-refractivity contribution in [3.8, 4) is 11.3 Å². The molecule has 1 fully saturated rings. The molecule has 3 aromatic rings. The smallest absolute Gasteiger partial charge is 0.245 e. The fraction of sp³-hybridized carbons (Fsp3) is 0.316. The Morgan fingerprint density at radius 2 is 2.04 bits per heavy atom. The molecule has 0 aromatic carbocycles. The van der Waals surface area contributed by atoms with Crippen molar-refractivity contribution in [2.45, 2.75) is 25.3 Å². The number of imidazole rings is 1. The number of carbonyl (C=O) groups excluding carboxylic acids is 1. The van der Waals surface area contributed by atoms with Crippen LogP contribution in [0.5, 0.6) is 0 Å². The Bertz CT molecular complexity index is 888. The summed E-state index contributed by atoms with van der Waals surface area (Å²) in [5, 5.41) is 2.80. The first-order valence-corrected chi connectivity index (χ1v) is 8.89. The van der Waals surface area contributed by atoms with Crippen molar-refractivity contribution >= 4 is 11.7 Å². The van der Waals surface area contributed by atoms with E-state index in [4.69, 9.17) is 4.74 Å². The lowest BCUT2D eigenvalue weighted by Crippen LogP contribution is -2.18. The number of aromatic nitrogens is 5. The van der Waals surface area contributed by atoms with Gasteiger partial charge in [0.25, 0.3) is 0 Å². The Hall–Kier alpha value is -3.13. The molecule has 4 rings (SSSR count). The maximum Gasteiger partial charge on any atom is 0.245 e. The molecule has 1 amide bonds. The largest absolute Gasteiger partial charge is 0.381 e. The van der Waals surface area contributed by atoms with E-state index in [9.17, 15) is 4.79 Å². The number of amides is 1. The van der Waals surface area contributed by atoms with E-state index in [1.165, 1.54) is 0 Å². The Morgan fingerprint density at radius 1 is 1.15 bits per heavy atom. The standard InChI is InChI=1S/C19H20N6O2/c26-19(12-25-11-17(23-13-25)14-3-7-27-8-4-14)24-18-2-1-15(9-22-18)16-10-20-5-6-21-16/h1-2,5-6,9-11,13-14H,3-4,7-8,12H2,(H,22,24,26). The summed E-state index contributed by atoms with van der Waals surface area (Å²) in [5.41, 5.74) is 2.61. The minimum Gasteiger partial charge on any atom is -0.381 e. The molecule has 1 saturated heterocycles. The normalized spacial score (nSPS) is 14.8. The minimum absolute atomic E-state index is 0.148. The van der Waals surface area contributed by atoms with Crippen LogP contribution in [0.2, 0.25) is 0 Å². The molecule has 0 radical (unpaired) electrons. The molecule has 0 spiro atoms. The van der Waals surface area contributed by atoms with E-state index in [-0.39, 0.29) is 12.5 Å². The van der Waals surface area contributed by atoms with Crippen molar-refractivity contribution < 1.29 is 9.53 Å². The molecule has 0 saturated carbocycles. The van der Waals surface area contributed by atoms with Crippen molar-refractivity contribution in [3.05, 3.63) is 55.1 Å². The number of ether oxygens (including phenoxy) is 1. The second-order valence-electron chi connectivity index (χ2n) is 6.43. The summed E-state index contributed by atoms with van der Waals surface area (Å²) in [6, 6.07) is 3.61. The van der Waals surface area contributed by atoms with Gasteiger partial charge in [-0.3, -0.25) is 14.8 Å². The van der Waals surface area contributed by atoms with Crippen molar-refractivity contribution in [2.75, 3.05) is 18.5 Å². The van der Waals surface area contributed by atoms with Gasteiger partial charge in [-0.25, -0.2) is 9.97 Å². The maximum absolute atomic E-state index is 12.3. The van der Waals surface area contributed by atoms with Gasteiger partial charge in [-0.15, -0.1) is 0 Å². The number of pyridine rings is 1. The Morgan fingerprint density at radius 3 is 2.78 bits per heavy atom. The van der Waals surface area contributed by atoms with Crippen LogP contribution in [0.1, 0.15) is 24.5 Å². The van der Waals surface area contributed by atoms with Crippen LogP contribution in [0.4, 0.5) is 5.82 Å². The summed E-state index contributed by atoms with van der Waals surface area (Å²) in [6.45, 7) is 1.74. The molecular formula is C19H20N6O2. The summed E-state index contributed by atoms with van der Waals surface area (Å²) in [6.07, 6.45) is 12.2. The van der Waals surface area contributed by atoms with Crippen molar-refractivity contribution in [1.29, 1.82) is 0 Å². The van der Waals surface area contributed by atoms with Crippen molar-refractivity contribution in [2.24, 2.45) is 0 Å². The highest BCUT2D eigenvalue weighted by atomic mass is 16.5. The predicted octanol–water partition coefficient (Wildman–Crippen LogP) is 2.27. The quantitative estimate of drug-likeness (QED) is 0.746. The minimum atomic E-state index is -0.148. The summed E-state index contributed by atoms with van der Waals surface area (Å²) in [4.78, 5) is 29.3. The van der Waals surface area contributed by atoms with Gasteiger partial charge in [0.1, 0.15) is 12.4 Å². The number of rotatable bonds is 5. The van der Waals surface area contributed by atoms with Crippen LogP contribution < -0.4 is 5.32 Å². The Labute approximate surface area is 156 Å². The molecule has 1 N–H and O–H groups in total. The average Bonchev–Trinajstić information content (AvgIpc) is 3.18. The predicted molar refractivity (Wildman–Crippen MR) is 98.9 cm³/mol. The van der Waals surface area contributed by atoms with E-state index in [0.717, 1.165) is 43.0 Å². The van der Waals surface area contributed by atoms with Gasteiger partial charge in [0.2, 0.25) is 5.91 Å². The topological polar surface area (TPSA) is 94.8 Å². The third-order valence-corrected chi connectivity index (χ3v) is 4.51. The summed E-state index contributed by atoms with van der Waals surface area (Å²) < 4.78 is 7.18. The van der Waals surface area contributed by atoms with E-state index >= 15 is 0 Å². The zero-order chi connectivity index (χ0) is 18.5. The van der Waals surface area contributed by atoms with E-state index in [0.29, 0.717) is 11.7 Å². The van der Waals surface area contributed by atoms with E-state index < -0.39 is 0 Å². The van der Waals surface area contributed by atoms with Crippen LogP contribution in [-0.2, 0) is 16.1 Å². The highest BCUT2D eigenvalue weighted by Crippen LogP contribution is 2.25. The van der Waals surface area contributed by atoms with Crippen LogP contribution in [0.3, 0.4) is 0 Å². The van der Waals surface area contributed by atoms with Gasteiger partial charge in [0.15, 0.2) is 0 Å². The van der Waals surface area contributed by atoms with Crippen LogP contribution in [0, 0.1) is 0 Å². The second kappa shape index (κ2) is 8.05. The number of anilines is 1. The number of carbonyl (C=O) groups is 1. The lowest BCUT2D eigenvalue weighted by atomic mass is 9.97. The number of hydrogen-bond donors (Lipinski definition) is 1. The zero-order valence-corrected chi connectivity index (χ0v) is 14.8. The van der Waals surface area contributed by atoms with Crippen molar-refractivity contribution in [3.63, 3.8) is 0 Å². The highest BCUT2D eigenvalue weighted by molar-refractivity contribution is 5.89. The summed E-state index contributed by atoms with van der Waals surface area (Å²) in [5.74, 6) is 0.765. The monoisotopic (exact) mass is 364 g/mol. The molecule has 1 aliphatic rings. The third-order valence-electron chi connectivity index (χ3n) is 4.51. The fourth-order valence-electron chi connectivity index (χ4n) is 3.08. The van der Waals surface area contributed by atoms with Crippen molar-refractivity contribution in [1.82, 2.24) is 24.5 Å². The lowest BCUT2D eigenvalue weighted by molar-refractivity contribution is -0.116. The molecule has 0 atom stereocenters. The molecule has 0 unspecified atom stereocenters. The molecule has 1 aliphatic heterocycles. The number of nitrogens with zero attached hydrogens (tertiary/aromatic N) is 5. The van der Waals surface area contributed by atoms with Gasteiger partial charge in [-0.05, 0) is 25.0 Å². The van der Waals surface area contributed by atoms with Crippen LogP contribution in [0.25, 0.3) is 11.3 Å². The zero-order valence-electron chi connectivity index (χ0n) is 14.8. The molecule has 138 valence electrons. The van der Waals surface area contributed by atoms with Gasteiger partial charge >= 0.3 is 0 Å². The van der Waals surface area contributed by atoms with Gasteiger partial charge < -0.3 is 14.6 Å². The maximum atomic E-state index is 12.3. The van der Waals surface area contributed by atoms with Gasteiger partial charge in [-0.1, -0.05) is 0 Å². The van der Waals surface area contributed by atoms with E-state index in [1.807, 2.05) is 12.3 Å². The fourth-order valence-corrected chi connectivity index (χ4v) is 3.08. The molecule has 8 heteroatoms. The first-order valence-electron chi connectivity index (χ1n) is 8.89. The van der Waals surface area contributed by atoms with Crippen LogP contribution in [-0.4, -0.2) is 43.6 Å². The van der Waals surface area contributed by atoms with E-state index in [2.05, 4.69) is 25.3 Å². The Balaban J connectivity index is 1.35. The molecule has 0 aliphatic carbocycles. The van der Waals surface area contributed by atoms with Crippen LogP contribution in [0.15, 0.2) is 49.4 Å². The molecule has 27 heavy (non-hydrogen) atoms. The highest BCUT2D eigenvalue weighted by Gasteiger charge is 2.18. The summed E-state index contributed by atoms with van der Waals surface area (Å²) in [7, 11) is 0. The SMILES string of the molecule is O=C(Cn1cnc(C2CCOCC2)c1)Nc1ccc(-c2cnccn2)cn1. The van der Waals surface area contributed by atoms with Gasteiger partial charge in [-0.2, -0.15) is 0 Å². The molecule has 8 nitrogen and oxygen atoms in total. The first kappa shape index (κ1) is 17.3. The lowest BCUT2D eigenvalue weighted by Gasteiger charge is -2.19. The third kappa shape index (κ3) is 4.35. The molecule has 4 heterocycles. The number of hydrogen-bond acceptors (Lipinski definition) is 6. The Kier molecular flexibility index (Phi) is 5.15. The van der Waals surface area contributed by atoms with Gasteiger partial charge in [0.05, 0.1) is 23.9 Å². The second-order valence-corrected chi connectivity index (χ2v) is 6.43. The molecule has 0 bridgehead atoms. The number of nitrogens with one attached hydrogen (secondary N) is 1. The first-order chi connectivity index (χ1) is 13.3. The van der Waals surface area contributed by atoms with E-state index in [1.54, 1.807) is 41.7 Å². The van der Waals surface area contributed by atoms with Gasteiger partial charge in [0, 0.05) is 49.5 Å². The molecular weight excluding hydrogens is 344 g/mol. The molecule has 3 aromatic heterocycles. The van der Waals surface area contributed by atoms with Crippen LogP contribution >= 0.6 is 0 Å². The summed E-state index contributed by atoms with van der Waals surface area (Å²) >= 11 is 0. The average molecular weight is 364 g/mol.